The molecule has 218 valence electrons. The van der Waals surface area contributed by atoms with Gasteiger partial charge in [-0.15, -0.1) is 0 Å². The molecule has 9 nitrogen and oxygen atoms in total. The van der Waals surface area contributed by atoms with Crippen LogP contribution in [0.5, 0.6) is 0 Å². The largest absolute Gasteiger partial charge is 0.462 e. The van der Waals surface area contributed by atoms with E-state index in [1.807, 2.05) is 11.0 Å². The van der Waals surface area contributed by atoms with E-state index in [9.17, 15) is 26.8 Å². The summed E-state index contributed by atoms with van der Waals surface area (Å²) in [6, 6.07) is 17.8. The van der Waals surface area contributed by atoms with E-state index < -0.39 is 33.2 Å². The fraction of sp³-hybridized carbons (Fsp3) is 0.233. The van der Waals surface area contributed by atoms with E-state index in [0.29, 0.717) is 28.4 Å². The average Bonchev–Trinajstić information content (AvgIpc) is 2.97. The van der Waals surface area contributed by atoms with Gasteiger partial charge >= 0.3 is 5.97 Å². The Balaban J connectivity index is 1.49. The highest BCUT2D eigenvalue weighted by Gasteiger charge is 2.29. The summed E-state index contributed by atoms with van der Waals surface area (Å²) in [6.07, 6.45) is 1.42. The van der Waals surface area contributed by atoms with Crippen molar-refractivity contribution >= 4 is 21.7 Å². The Morgan fingerprint density at radius 1 is 0.929 bits per heavy atom. The smallest absolute Gasteiger partial charge is 0.338 e. The lowest BCUT2D eigenvalue weighted by Gasteiger charge is -2.36. The van der Waals surface area contributed by atoms with E-state index in [4.69, 9.17) is 4.74 Å². The van der Waals surface area contributed by atoms with Crippen LogP contribution in [-0.4, -0.2) is 61.3 Å². The highest BCUT2D eigenvalue weighted by atomic mass is 32.2. The number of piperazine rings is 1. The van der Waals surface area contributed by atoms with Crippen molar-refractivity contribution in [3.8, 4) is 16.8 Å². The molecule has 1 aliphatic heterocycles. The number of hydrogen-bond donors (Lipinski definition) is 0. The van der Waals surface area contributed by atoms with Crippen LogP contribution in [0.25, 0.3) is 16.8 Å². The van der Waals surface area contributed by atoms with Gasteiger partial charge in [-0.05, 0) is 42.3 Å². The van der Waals surface area contributed by atoms with E-state index in [1.165, 1.54) is 22.6 Å². The lowest BCUT2D eigenvalue weighted by atomic mass is 10.0. The predicted molar refractivity (Wildman–Crippen MR) is 154 cm³/mol. The SMILES string of the molecule is CCOC(=O)c1ccc(-c2c(N3CCN(S(=O)(=O)Cc4ccccc4)CC3)cnn(-c3cc(F)cc(F)c3)c2=O)cc1. The second-order valence-electron chi connectivity index (χ2n) is 9.68. The number of esters is 1. The molecule has 1 saturated heterocycles. The number of nitrogens with zero attached hydrogens (tertiary/aromatic N) is 4. The number of benzene rings is 3. The minimum Gasteiger partial charge on any atom is -0.462 e. The Bertz CT molecular complexity index is 1730. The third-order valence-corrected chi connectivity index (χ3v) is 8.75. The molecule has 2 heterocycles. The predicted octanol–water partition coefficient (Wildman–Crippen LogP) is 4.01. The fourth-order valence-electron chi connectivity index (χ4n) is 4.87. The molecule has 1 aliphatic rings. The van der Waals surface area contributed by atoms with Crippen molar-refractivity contribution in [1.29, 1.82) is 0 Å². The van der Waals surface area contributed by atoms with Crippen molar-refractivity contribution in [3.05, 3.63) is 112 Å². The molecule has 4 aromatic rings. The molecule has 0 spiro atoms. The van der Waals surface area contributed by atoms with Gasteiger partial charge in [-0.2, -0.15) is 14.1 Å². The van der Waals surface area contributed by atoms with Gasteiger partial charge in [0.25, 0.3) is 5.56 Å². The zero-order chi connectivity index (χ0) is 29.9. The quantitative estimate of drug-likeness (QED) is 0.284. The molecule has 5 rings (SSSR count). The van der Waals surface area contributed by atoms with Crippen LogP contribution >= 0.6 is 0 Å². The van der Waals surface area contributed by atoms with Gasteiger partial charge in [0.15, 0.2) is 0 Å². The van der Waals surface area contributed by atoms with Crippen molar-refractivity contribution in [3.63, 3.8) is 0 Å². The number of sulfonamides is 1. The molecular formula is C30H28F2N4O5S. The maximum Gasteiger partial charge on any atom is 0.338 e. The molecule has 0 atom stereocenters. The van der Waals surface area contributed by atoms with Gasteiger partial charge in [-0.1, -0.05) is 42.5 Å². The first kappa shape index (κ1) is 29.1. The summed E-state index contributed by atoms with van der Waals surface area (Å²) in [4.78, 5) is 27.9. The molecule has 0 unspecified atom stereocenters. The molecule has 3 aromatic carbocycles. The highest BCUT2D eigenvalue weighted by Crippen LogP contribution is 2.29. The summed E-state index contributed by atoms with van der Waals surface area (Å²) < 4.78 is 61.5. The first-order valence-corrected chi connectivity index (χ1v) is 14.9. The average molecular weight is 595 g/mol. The molecule has 1 aromatic heterocycles. The van der Waals surface area contributed by atoms with Gasteiger partial charge in [-0.3, -0.25) is 4.79 Å². The molecular weight excluding hydrogens is 566 g/mol. The fourth-order valence-corrected chi connectivity index (χ4v) is 6.39. The topological polar surface area (TPSA) is 102 Å². The number of aromatic nitrogens is 2. The van der Waals surface area contributed by atoms with Gasteiger partial charge in [0.1, 0.15) is 11.6 Å². The third kappa shape index (κ3) is 6.24. The number of halogens is 2. The second-order valence-corrected chi connectivity index (χ2v) is 11.6. The summed E-state index contributed by atoms with van der Waals surface area (Å²) in [5.74, 6) is -2.36. The Labute approximate surface area is 241 Å². The maximum absolute atomic E-state index is 14.0. The summed E-state index contributed by atoms with van der Waals surface area (Å²) in [6.45, 7) is 2.84. The molecule has 0 saturated carbocycles. The molecule has 0 N–H and O–H groups in total. The first-order valence-electron chi connectivity index (χ1n) is 13.3. The normalized spacial score (nSPS) is 14.1. The summed E-state index contributed by atoms with van der Waals surface area (Å²) in [5, 5.41) is 4.21. The highest BCUT2D eigenvalue weighted by molar-refractivity contribution is 7.88. The standard InChI is InChI=1S/C30H28F2N4O5S/c1-2-41-30(38)23-10-8-22(9-11-23)28-27(19-33-36(29(28)37)26-17-24(31)16-25(32)18-26)34-12-14-35(15-13-34)42(39,40)20-21-6-4-3-5-7-21/h3-11,16-19H,2,12-15,20H2,1H3. The minimum absolute atomic E-state index is 0.0923. The van der Waals surface area contributed by atoms with Crippen molar-refractivity contribution < 1.29 is 26.7 Å². The molecule has 0 aliphatic carbocycles. The van der Waals surface area contributed by atoms with Crippen LogP contribution in [0.4, 0.5) is 14.5 Å². The van der Waals surface area contributed by atoms with Gasteiger partial charge in [-0.25, -0.2) is 22.0 Å². The maximum atomic E-state index is 14.0. The molecule has 12 heteroatoms. The van der Waals surface area contributed by atoms with E-state index in [1.54, 1.807) is 43.3 Å². The van der Waals surface area contributed by atoms with Gasteiger partial charge in [0.2, 0.25) is 10.0 Å². The van der Waals surface area contributed by atoms with Crippen LogP contribution in [0.15, 0.2) is 83.8 Å². The molecule has 42 heavy (non-hydrogen) atoms. The number of carbonyl (C=O) groups excluding carboxylic acids is 1. The van der Waals surface area contributed by atoms with E-state index in [0.717, 1.165) is 16.8 Å². The Morgan fingerprint density at radius 3 is 2.19 bits per heavy atom. The summed E-state index contributed by atoms with van der Waals surface area (Å²) >= 11 is 0. The van der Waals surface area contributed by atoms with Crippen LogP contribution in [0, 0.1) is 11.6 Å². The van der Waals surface area contributed by atoms with Crippen LogP contribution in [-0.2, 0) is 20.5 Å². The Hall–Kier alpha value is -4.42. The zero-order valence-electron chi connectivity index (χ0n) is 22.7. The summed E-state index contributed by atoms with van der Waals surface area (Å²) in [5.41, 5.74) is 1.31. The Morgan fingerprint density at radius 2 is 1.57 bits per heavy atom. The van der Waals surface area contributed by atoms with Crippen molar-refractivity contribution in [2.75, 3.05) is 37.7 Å². The van der Waals surface area contributed by atoms with Gasteiger partial charge in [0.05, 0.1) is 41.1 Å². The van der Waals surface area contributed by atoms with E-state index in [-0.39, 0.29) is 49.8 Å². The Kier molecular flexibility index (Phi) is 8.46. The van der Waals surface area contributed by atoms with Gasteiger partial charge < -0.3 is 9.64 Å². The number of anilines is 1. The van der Waals surface area contributed by atoms with Gasteiger partial charge in [0, 0.05) is 32.2 Å². The zero-order valence-corrected chi connectivity index (χ0v) is 23.6. The molecule has 0 amide bonds. The van der Waals surface area contributed by atoms with Crippen LogP contribution < -0.4 is 10.5 Å². The van der Waals surface area contributed by atoms with Crippen LogP contribution in [0.2, 0.25) is 0 Å². The third-order valence-electron chi connectivity index (χ3n) is 6.90. The van der Waals surface area contributed by atoms with Crippen molar-refractivity contribution in [1.82, 2.24) is 14.1 Å². The molecule has 1 fully saturated rings. The number of carbonyl (C=O) groups is 1. The number of hydrogen-bond acceptors (Lipinski definition) is 7. The monoisotopic (exact) mass is 594 g/mol. The first-order chi connectivity index (χ1) is 20.2. The van der Waals surface area contributed by atoms with Crippen LogP contribution in [0.1, 0.15) is 22.8 Å². The summed E-state index contributed by atoms with van der Waals surface area (Å²) in [7, 11) is -3.57. The lowest BCUT2D eigenvalue weighted by molar-refractivity contribution is 0.0526. The van der Waals surface area contributed by atoms with E-state index in [2.05, 4.69) is 5.10 Å². The van der Waals surface area contributed by atoms with Crippen molar-refractivity contribution in [2.24, 2.45) is 0 Å². The molecule has 0 bridgehead atoms. The lowest BCUT2D eigenvalue weighted by Crippen LogP contribution is -2.49. The van der Waals surface area contributed by atoms with E-state index >= 15 is 0 Å². The minimum atomic E-state index is -3.57. The number of rotatable bonds is 8. The van der Waals surface area contributed by atoms with Crippen LogP contribution in [0.3, 0.4) is 0 Å². The van der Waals surface area contributed by atoms with Crippen molar-refractivity contribution in [2.45, 2.75) is 12.7 Å². The molecule has 0 radical (unpaired) electrons. The number of ether oxygens (including phenoxy) is 1. The second kappa shape index (κ2) is 12.2.